The Labute approximate surface area is 123 Å². The summed E-state index contributed by atoms with van der Waals surface area (Å²) in [6.07, 6.45) is -4.02. The Morgan fingerprint density at radius 2 is 2.10 bits per heavy atom. The Kier molecular flexibility index (Phi) is 4.27. The zero-order valence-electron chi connectivity index (χ0n) is 11.2. The highest BCUT2D eigenvalue weighted by molar-refractivity contribution is 7.12. The predicted molar refractivity (Wildman–Crippen MR) is 70.3 cm³/mol. The van der Waals surface area contributed by atoms with Crippen LogP contribution in [0.1, 0.15) is 22.2 Å². The van der Waals surface area contributed by atoms with E-state index in [1.807, 2.05) is 6.92 Å². The maximum absolute atomic E-state index is 12.9. The average molecular weight is 321 g/mol. The number of rotatable bonds is 3. The highest BCUT2D eigenvalue weighted by Crippen LogP contribution is 2.38. The first-order valence-electron chi connectivity index (χ1n) is 6.40. The topological polar surface area (TPSA) is 57.6 Å². The van der Waals surface area contributed by atoms with Crippen LogP contribution in [0.5, 0.6) is 0 Å². The van der Waals surface area contributed by atoms with Crippen LogP contribution in [0, 0.1) is 11.8 Å². The van der Waals surface area contributed by atoms with E-state index in [0.29, 0.717) is 11.3 Å². The average Bonchev–Trinajstić information content (AvgIpc) is 3.03. The number of aryl methyl sites for hydroxylation is 1. The molecule has 1 aromatic heterocycles. The summed E-state index contributed by atoms with van der Waals surface area (Å²) < 4.78 is 38.7. The van der Waals surface area contributed by atoms with E-state index in [1.54, 1.807) is 11.4 Å². The fourth-order valence-electron chi connectivity index (χ4n) is 2.50. The lowest BCUT2D eigenvalue weighted by Gasteiger charge is -2.18. The SMILES string of the molecule is CCc1ccsc1C(=O)N1C[C@@H](C(F)(F)F)[C@H](C(=O)O)C1. The third-order valence-corrected chi connectivity index (χ3v) is 4.61. The standard InChI is InChI=1S/C13H14F3NO3S/c1-2-7-3-4-21-10(7)11(18)17-5-8(12(19)20)9(6-17)13(14,15)16/h3-4,8-9H,2,5-6H2,1H3,(H,19,20)/t8-,9-/m1/s1. The molecule has 1 aliphatic rings. The summed E-state index contributed by atoms with van der Waals surface area (Å²) in [6, 6.07) is 1.75. The van der Waals surface area contributed by atoms with Gasteiger partial charge in [0.2, 0.25) is 0 Å². The molecule has 2 rings (SSSR count). The Bertz CT molecular complexity index is 555. The third kappa shape index (κ3) is 3.04. The number of hydrogen-bond acceptors (Lipinski definition) is 3. The van der Waals surface area contributed by atoms with Crippen molar-refractivity contribution in [3.8, 4) is 0 Å². The van der Waals surface area contributed by atoms with Gasteiger partial charge in [-0.1, -0.05) is 6.92 Å². The van der Waals surface area contributed by atoms with Gasteiger partial charge in [0.05, 0.1) is 16.7 Å². The maximum atomic E-state index is 12.9. The molecular weight excluding hydrogens is 307 g/mol. The van der Waals surface area contributed by atoms with E-state index in [-0.39, 0.29) is 0 Å². The second-order valence-electron chi connectivity index (χ2n) is 4.93. The van der Waals surface area contributed by atoms with Gasteiger partial charge in [-0.05, 0) is 23.4 Å². The molecule has 21 heavy (non-hydrogen) atoms. The molecule has 1 N–H and O–H groups in total. The highest BCUT2D eigenvalue weighted by atomic mass is 32.1. The molecule has 1 aliphatic heterocycles. The van der Waals surface area contributed by atoms with Crippen LogP contribution in [0.4, 0.5) is 13.2 Å². The number of nitrogens with zero attached hydrogens (tertiary/aromatic N) is 1. The van der Waals surface area contributed by atoms with E-state index in [1.165, 1.54) is 11.3 Å². The van der Waals surface area contributed by atoms with Gasteiger partial charge in [0, 0.05) is 13.1 Å². The number of aliphatic carboxylic acids is 1. The van der Waals surface area contributed by atoms with Crippen LogP contribution in [-0.2, 0) is 11.2 Å². The van der Waals surface area contributed by atoms with Crippen LogP contribution >= 0.6 is 11.3 Å². The molecule has 0 unspecified atom stereocenters. The number of carboxylic acids is 1. The summed E-state index contributed by atoms with van der Waals surface area (Å²) in [6.45, 7) is 0.848. The Hall–Kier alpha value is -1.57. The molecule has 1 fully saturated rings. The molecule has 116 valence electrons. The normalized spacial score (nSPS) is 22.6. The molecule has 0 spiro atoms. The third-order valence-electron chi connectivity index (χ3n) is 3.67. The first kappa shape index (κ1) is 15.8. The smallest absolute Gasteiger partial charge is 0.394 e. The fourth-order valence-corrected chi connectivity index (χ4v) is 3.46. The van der Waals surface area contributed by atoms with Crippen molar-refractivity contribution in [3.05, 3.63) is 21.9 Å². The van der Waals surface area contributed by atoms with Crippen LogP contribution in [0.2, 0.25) is 0 Å². The molecule has 0 aromatic carbocycles. The van der Waals surface area contributed by atoms with E-state index in [4.69, 9.17) is 5.11 Å². The quantitative estimate of drug-likeness (QED) is 0.931. The number of likely N-dealkylation sites (tertiary alicyclic amines) is 1. The van der Waals surface area contributed by atoms with E-state index < -0.39 is 43.0 Å². The minimum Gasteiger partial charge on any atom is -0.481 e. The zero-order valence-corrected chi connectivity index (χ0v) is 12.0. The van der Waals surface area contributed by atoms with Crippen LogP contribution in [-0.4, -0.2) is 41.1 Å². The molecule has 0 aliphatic carbocycles. The van der Waals surface area contributed by atoms with Gasteiger partial charge in [-0.25, -0.2) is 0 Å². The second kappa shape index (κ2) is 5.67. The minimum absolute atomic E-state index is 0.393. The monoisotopic (exact) mass is 321 g/mol. The number of thiophene rings is 1. The zero-order chi connectivity index (χ0) is 15.8. The summed E-state index contributed by atoms with van der Waals surface area (Å²) >= 11 is 1.17. The number of carbonyl (C=O) groups excluding carboxylic acids is 1. The molecule has 1 saturated heterocycles. The number of carbonyl (C=O) groups is 2. The van der Waals surface area contributed by atoms with Crippen molar-refractivity contribution < 1.29 is 27.9 Å². The van der Waals surface area contributed by atoms with Crippen molar-refractivity contribution >= 4 is 23.2 Å². The van der Waals surface area contributed by atoms with E-state index in [9.17, 15) is 22.8 Å². The van der Waals surface area contributed by atoms with Crippen LogP contribution < -0.4 is 0 Å². The summed E-state index contributed by atoms with van der Waals surface area (Å²) in [7, 11) is 0. The molecule has 4 nitrogen and oxygen atoms in total. The number of hydrogen-bond donors (Lipinski definition) is 1. The lowest BCUT2D eigenvalue weighted by atomic mass is 9.96. The second-order valence-corrected chi connectivity index (χ2v) is 5.85. The van der Waals surface area contributed by atoms with Crippen LogP contribution in [0.3, 0.4) is 0 Å². The van der Waals surface area contributed by atoms with Gasteiger partial charge in [-0.3, -0.25) is 9.59 Å². The molecular formula is C13H14F3NO3S. The summed E-state index contributed by atoms with van der Waals surface area (Å²) in [5.41, 5.74) is 0.771. The van der Waals surface area contributed by atoms with Crippen molar-refractivity contribution in [2.24, 2.45) is 11.8 Å². The molecule has 8 heteroatoms. The molecule has 1 aromatic rings. The first-order valence-corrected chi connectivity index (χ1v) is 7.28. The number of amides is 1. The largest absolute Gasteiger partial charge is 0.481 e. The van der Waals surface area contributed by atoms with Gasteiger partial charge in [0.15, 0.2) is 0 Å². The summed E-state index contributed by atoms with van der Waals surface area (Å²) in [5.74, 6) is -5.64. The Morgan fingerprint density at radius 1 is 1.43 bits per heavy atom. The lowest BCUT2D eigenvalue weighted by Crippen LogP contribution is -2.34. The number of halogens is 3. The minimum atomic E-state index is -4.62. The number of carboxylic acid groups (broad SMARTS) is 1. The predicted octanol–water partition coefficient (Wildman–Crippen LogP) is 2.65. The summed E-state index contributed by atoms with van der Waals surface area (Å²) in [5, 5.41) is 10.6. The van der Waals surface area contributed by atoms with Crippen molar-refractivity contribution in [2.75, 3.05) is 13.1 Å². The molecule has 0 radical (unpaired) electrons. The maximum Gasteiger partial charge on any atom is 0.394 e. The molecule has 0 saturated carbocycles. The van der Waals surface area contributed by atoms with Crippen molar-refractivity contribution in [1.29, 1.82) is 0 Å². The molecule has 1 amide bonds. The van der Waals surface area contributed by atoms with Crippen molar-refractivity contribution in [1.82, 2.24) is 4.90 Å². The van der Waals surface area contributed by atoms with E-state index >= 15 is 0 Å². The first-order chi connectivity index (χ1) is 9.75. The Morgan fingerprint density at radius 3 is 2.57 bits per heavy atom. The Balaban J connectivity index is 2.23. The van der Waals surface area contributed by atoms with Gasteiger partial charge < -0.3 is 10.0 Å². The van der Waals surface area contributed by atoms with E-state index in [2.05, 4.69) is 0 Å². The van der Waals surface area contributed by atoms with Crippen molar-refractivity contribution in [3.63, 3.8) is 0 Å². The van der Waals surface area contributed by atoms with Crippen LogP contribution in [0.15, 0.2) is 11.4 Å². The van der Waals surface area contributed by atoms with E-state index in [0.717, 1.165) is 10.5 Å². The highest BCUT2D eigenvalue weighted by Gasteiger charge is 2.53. The lowest BCUT2D eigenvalue weighted by molar-refractivity contribution is -0.187. The van der Waals surface area contributed by atoms with Gasteiger partial charge in [-0.2, -0.15) is 13.2 Å². The van der Waals surface area contributed by atoms with Crippen molar-refractivity contribution in [2.45, 2.75) is 19.5 Å². The fraction of sp³-hybridized carbons (Fsp3) is 0.538. The summed E-state index contributed by atoms with van der Waals surface area (Å²) in [4.78, 5) is 24.7. The van der Waals surface area contributed by atoms with Gasteiger partial charge in [0.1, 0.15) is 0 Å². The van der Waals surface area contributed by atoms with Gasteiger partial charge >= 0.3 is 12.1 Å². The van der Waals surface area contributed by atoms with Crippen LogP contribution in [0.25, 0.3) is 0 Å². The number of alkyl halides is 3. The molecule has 2 atom stereocenters. The molecule has 0 bridgehead atoms. The van der Waals surface area contributed by atoms with Gasteiger partial charge in [0.25, 0.3) is 5.91 Å². The molecule has 2 heterocycles. The van der Waals surface area contributed by atoms with Gasteiger partial charge in [-0.15, -0.1) is 11.3 Å².